The number of anilines is 1. The standard InChI is InChI=1S/C28H37N3O3/c1-3-34-28(33)24-13-17-30(18-14-24)26-15-19-31(20-16-26)25-11-9-23(10-12-25)27(32)29-21(2)22-7-5-4-6-8-22/h4-12,21,24,26H,3,13-20H2,1-2H3,(H,29,32)/t21-/m0/s1. The van der Waals surface area contributed by atoms with E-state index in [1.54, 1.807) is 0 Å². The van der Waals surface area contributed by atoms with Crippen molar-refractivity contribution in [1.82, 2.24) is 10.2 Å². The van der Waals surface area contributed by atoms with Gasteiger partial charge in [-0.15, -0.1) is 0 Å². The van der Waals surface area contributed by atoms with Crippen LogP contribution in [0.25, 0.3) is 0 Å². The Hall–Kier alpha value is -2.86. The molecule has 1 atom stereocenters. The van der Waals surface area contributed by atoms with E-state index in [4.69, 9.17) is 4.74 Å². The van der Waals surface area contributed by atoms with Gasteiger partial charge >= 0.3 is 5.97 Å². The predicted octanol–water partition coefficient (Wildman–Crippen LogP) is 4.42. The van der Waals surface area contributed by atoms with Gasteiger partial charge in [0.2, 0.25) is 0 Å². The van der Waals surface area contributed by atoms with Crippen LogP contribution >= 0.6 is 0 Å². The topological polar surface area (TPSA) is 61.9 Å². The lowest BCUT2D eigenvalue weighted by molar-refractivity contribution is -0.149. The number of carbonyl (C=O) groups excluding carboxylic acids is 2. The van der Waals surface area contributed by atoms with E-state index in [1.165, 1.54) is 5.69 Å². The van der Waals surface area contributed by atoms with Crippen LogP contribution in [-0.2, 0) is 9.53 Å². The summed E-state index contributed by atoms with van der Waals surface area (Å²) >= 11 is 0. The Bertz CT molecular complexity index is 931. The molecule has 34 heavy (non-hydrogen) atoms. The summed E-state index contributed by atoms with van der Waals surface area (Å²) < 4.78 is 5.20. The van der Waals surface area contributed by atoms with Gasteiger partial charge in [0.1, 0.15) is 0 Å². The molecule has 2 aromatic carbocycles. The van der Waals surface area contributed by atoms with Crippen molar-refractivity contribution in [2.45, 2.75) is 51.6 Å². The Morgan fingerprint density at radius 3 is 2.21 bits per heavy atom. The molecule has 2 heterocycles. The number of carbonyl (C=O) groups is 2. The first kappa shape index (κ1) is 24.3. The molecule has 1 amide bonds. The number of nitrogens with one attached hydrogen (secondary N) is 1. The fraction of sp³-hybridized carbons (Fsp3) is 0.500. The van der Waals surface area contributed by atoms with E-state index in [-0.39, 0.29) is 23.8 Å². The van der Waals surface area contributed by atoms with Gasteiger partial charge in [0.25, 0.3) is 5.91 Å². The Balaban J connectivity index is 1.24. The zero-order valence-corrected chi connectivity index (χ0v) is 20.4. The molecule has 1 N–H and O–H groups in total. The van der Waals surface area contributed by atoms with Crippen molar-refractivity contribution in [3.05, 3.63) is 65.7 Å². The highest BCUT2D eigenvalue weighted by atomic mass is 16.5. The van der Waals surface area contributed by atoms with Gasteiger partial charge in [-0.25, -0.2) is 0 Å². The Labute approximate surface area is 203 Å². The van der Waals surface area contributed by atoms with Gasteiger partial charge in [0.15, 0.2) is 0 Å². The summed E-state index contributed by atoms with van der Waals surface area (Å²) in [7, 11) is 0. The number of ether oxygens (including phenoxy) is 1. The van der Waals surface area contributed by atoms with Crippen LogP contribution in [0.4, 0.5) is 5.69 Å². The first-order valence-corrected chi connectivity index (χ1v) is 12.7. The van der Waals surface area contributed by atoms with Crippen LogP contribution in [0.3, 0.4) is 0 Å². The first-order chi connectivity index (χ1) is 16.5. The van der Waals surface area contributed by atoms with Crippen molar-refractivity contribution in [2.75, 3.05) is 37.7 Å². The lowest BCUT2D eigenvalue weighted by Crippen LogP contribution is -2.48. The SMILES string of the molecule is CCOC(=O)C1CCN(C2CCN(c3ccc(C(=O)N[C@@H](C)c4ccccc4)cc3)CC2)CC1. The highest BCUT2D eigenvalue weighted by molar-refractivity contribution is 5.94. The lowest BCUT2D eigenvalue weighted by Gasteiger charge is -2.42. The van der Waals surface area contributed by atoms with Gasteiger partial charge in [-0.05, 0) is 82.4 Å². The molecule has 2 aliphatic heterocycles. The van der Waals surface area contributed by atoms with Gasteiger partial charge in [0, 0.05) is 30.4 Å². The van der Waals surface area contributed by atoms with Gasteiger partial charge in [-0.1, -0.05) is 30.3 Å². The molecular formula is C28H37N3O3. The van der Waals surface area contributed by atoms with Crippen molar-refractivity contribution >= 4 is 17.6 Å². The molecule has 0 spiro atoms. The minimum Gasteiger partial charge on any atom is -0.466 e. The zero-order valence-electron chi connectivity index (χ0n) is 20.4. The van der Waals surface area contributed by atoms with Crippen molar-refractivity contribution in [3.63, 3.8) is 0 Å². The summed E-state index contributed by atoms with van der Waals surface area (Å²) in [4.78, 5) is 29.6. The molecule has 0 radical (unpaired) electrons. The van der Waals surface area contributed by atoms with Crippen LogP contribution in [-0.4, -0.2) is 55.6 Å². The number of likely N-dealkylation sites (tertiary alicyclic amines) is 1. The van der Waals surface area contributed by atoms with Crippen molar-refractivity contribution < 1.29 is 14.3 Å². The maximum atomic E-state index is 12.7. The molecule has 2 saturated heterocycles. The zero-order chi connectivity index (χ0) is 23.9. The quantitative estimate of drug-likeness (QED) is 0.616. The number of amides is 1. The van der Waals surface area contributed by atoms with E-state index in [2.05, 4.69) is 27.2 Å². The van der Waals surface area contributed by atoms with Gasteiger partial charge in [-0.3, -0.25) is 9.59 Å². The van der Waals surface area contributed by atoms with Gasteiger partial charge in [0.05, 0.1) is 18.6 Å². The second-order valence-corrected chi connectivity index (χ2v) is 9.43. The number of hydrogen-bond acceptors (Lipinski definition) is 5. The Morgan fingerprint density at radius 1 is 0.941 bits per heavy atom. The third-order valence-electron chi connectivity index (χ3n) is 7.27. The van der Waals surface area contributed by atoms with Crippen LogP contribution in [0.15, 0.2) is 54.6 Å². The molecule has 0 aliphatic carbocycles. The molecule has 6 heteroatoms. The van der Waals surface area contributed by atoms with Crippen molar-refractivity contribution in [2.24, 2.45) is 5.92 Å². The number of hydrogen-bond donors (Lipinski definition) is 1. The molecular weight excluding hydrogens is 426 g/mol. The normalized spacial score (nSPS) is 18.9. The first-order valence-electron chi connectivity index (χ1n) is 12.7. The Morgan fingerprint density at radius 2 is 1.59 bits per heavy atom. The molecule has 0 bridgehead atoms. The van der Waals surface area contributed by atoms with E-state index in [0.717, 1.165) is 57.4 Å². The lowest BCUT2D eigenvalue weighted by atomic mass is 9.93. The second-order valence-electron chi connectivity index (χ2n) is 9.43. The van der Waals surface area contributed by atoms with E-state index in [9.17, 15) is 9.59 Å². The molecule has 182 valence electrons. The smallest absolute Gasteiger partial charge is 0.309 e. The van der Waals surface area contributed by atoms with Crippen LogP contribution in [0.5, 0.6) is 0 Å². The fourth-order valence-corrected chi connectivity index (χ4v) is 5.18. The predicted molar refractivity (Wildman–Crippen MR) is 135 cm³/mol. The van der Waals surface area contributed by atoms with E-state index in [0.29, 0.717) is 18.2 Å². The monoisotopic (exact) mass is 463 g/mol. The molecule has 0 aromatic heterocycles. The molecule has 2 fully saturated rings. The average Bonchev–Trinajstić information content (AvgIpc) is 2.89. The van der Waals surface area contributed by atoms with Crippen LogP contribution < -0.4 is 10.2 Å². The van der Waals surface area contributed by atoms with Gasteiger partial charge < -0.3 is 19.9 Å². The minimum absolute atomic E-state index is 0.0244. The minimum atomic E-state index is -0.0483. The fourth-order valence-electron chi connectivity index (χ4n) is 5.18. The molecule has 0 unspecified atom stereocenters. The third kappa shape index (κ3) is 5.98. The van der Waals surface area contributed by atoms with E-state index >= 15 is 0 Å². The van der Waals surface area contributed by atoms with Crippen LogP contribution in [0, 0.1) is 5.92 Å². The highest BCUT2D eigenvalue weighted by Crippen LogP contribution is 2.27. The van der Waals surface area contributed by atoms with Gasteiger partial charge in [-0.2, -0.15) is 0 Å². The van der Waals surface area contributed by atoms with Crippen LogP contribution in [0.1, 0.15) is 61.5 Å². The number of benzene rings is 2. The number of rotatable bonds is 7. The highest BCUT2D eigenvalue weighted by Gasteiger charge is 2.31. The summed E-state index contributed by atoms with van der Waals surface area (Å²) in [6.07, 6.45) is 4.07. The van der Waals surface area contributed by atoms with Crippen molar-refractivity contribution in [3.8, 4) is 0 Å². The summed E-state index contributed by atoms with van der Waals surface area (Å²) in [6.45, 7) is 8.34. The number of piperidine rings is 2. The molecule has 4 rings (SSSR count). The average molecular weight is 464 g/mol. The van der Waals surface area contributed by atoms with Crippen molar-refractivity contribution in [1.29, 1.82) is 0 Å². The largest absolute Gasteiger partial charge is 0.466 e. The van der Waals surface area contributed by atoms with E-state index in [1.807, 2.05) is 56.3 Å². The maximum Gasteiger partial charge on any atom is 0.309 e. The Kier molecular flexibility index (Phi) is 8.22. The summed E-state index contributed by atoms with van der Waals surface area (Å²) in [6, 6.07) is 18.5. The summed E-state index contributed by atoms with van der Waals surface area (Å²) in [5.41, 5.74) is 2.96. The summed E-state index contributed by atoms with van der Waals surface area (Å²) in [5, 5.41) is 3.08. The number of esters is 1. The maximum absolute atomic E-state index is 12.7. The number of nitrogens with zero attached hydrogens (tertiary/aromatic N) is 2. The molecule has 2 aromatic rings. The third-order valence-corrected chi connectivity index (χ3v) is 7.27. The molecule has 0 saturated carbocycles. The molecule has 2 aliphatic rings. The summed E-state index contributed by atoms with van der Waals surface area (Å²) in [5.74, 6) is -0.000799. The van der Waals surface area contributed by atoms with Crippen LogP contribution in [0.2, 0.25) is 0 Å². The second kappa shape index (κ2) is 11.5. The molecule has 6 nitrogen and oxygen atoms in total. The van der Waals surface area contributed by atoms with E-state index < -0.39 is 0 Å².